The van der Waals surface area contributed by atoms with E-state index in [1.54, 1.807) is 0 Å². The van der Waals surface area contributed by atoms with Gasteiger partial charge in [-0.25, -0.2) is 0 Å². The second kappa shape index (κ2) is 10.8. The lowest BCUT2D eigenvalue weighted by Gasteiger charge is -2.25. The molecule has 0 saturated heterocycles. The topological polar surface area (TPSA) is 9.23 Å². The Morgan fingerprint density at radius 3 is 1.94 bits per heavy atom. The summed E-state index contributed by atoms with van der Waals surface area (Å²) in [6.07, 6.45) is 6.61. The molecule has 0 saturated carbocycles. The van der Waals surface area contributed by atoms with Crippen molar-refractivity contribution in [2.75, 3.05) is 13.2 Å². The molecule has 0 aromatic rings. The van der Waals surface area contributed by atoms with Crippen molar-refractivity contribution in [1.29, 1.82) is 0 Å². The van der Waals surface area contributed by atoms with Gasteiger partial charge in [-0.1, -0.05) is 60.8 Å². The van der Waals surface area contributed by atoms with Gasteiger partial charge < -0.3 is 4.74 Å². The fourth-order valence-electron chi connectivity index (χ4n) is 2.52. The summed E-state index contributed by atoms with van der Waals surface area (Å²) in [4.78, 5) is 0. The van der Waals surface area contributed by atoms with Crippen molar-refractivity contribution in [1.82, 2.24) is 0 Å². The SMILES string of the molecule is CCCOCC(C)C(C)CCC(CCC)C(C)C. The standard InChI is InChI=1S/C17H36O/c1-7-9-17(14(3)4)11-10-15(5)16(6)13-18-12-8-2/h14-17H,7-13H2,1-6H3. The summed E-state index contributed by atoms with van der Waals surface area (Å²) in [5, 5.41) is 0. The summed E-state index contributed by atoms with van der Waals surface area (Å²) >= 11 is 0. The monoisotopic (exact) mass is 256 g/mol. The van der Waals surface area contributed by atoms with Crippen LogP contribution in [0.15, 0.2) is 0 Å². The van der Waals surface area contributed by atoms with Gasteiger partial charge in [0.15, 0.2) is 0 Å². The molecule has 0 aliphatic rings. The molecule has 110 valence electrons. The van der Waals surface area contributed by atoms with Crippen LogP contribution in [-0.2, 0) is 4.74 Å². The second-order valence-corrected chi connectivity index (χ2v) is 6.40. The van der Waals surface area contributed by atoms with Crippen LogP contribution in [0, 0.1) is 23.7 Å². The third-order valence-corrected chi connectivity index (χ3v) is 4.30. The molecular weight excluding hydrogens is 220 g/mol. The highest BCUT2D eigenvalue weighted by Gasteiger charge is 2.17. The average molecular weight is 256 g/mol. The molecule has 1 heteroatoms. The Morgan fingerprint density at radius 2 is 1.44 bits per heavy atom. The lowest BCUT2D eigenvalue weighted by atomic mass is 9.82. The maximum Gasteiger partial charge on any atom is 0.0494 e. The van der Waals surface area contributed by atoms with Crippen LogP contribution in [0.2, 0.25) is 0 Å². The van der Waals surface area contributed by atoms with Crippen LogP contribution in [0.25, 0.3) is 0 Å². The highest BCUT2D eigenvalue weighted by Crippen LogP contribution is 2.27. The molecular formula is C17H36O. The fourth-order valence-corrected chi connectivity index (χ4v) is 2.52. The van der Waals surface area contributed by atoms with E-state index in [2.05, 4.69) is 41.5 Å². The van der Waals surface area contributed by atoms with Crippen molar-refractivity contribution in [2.45, 2.75) is 73.6 Å². The summed E-state index contributed by atoms with van der Waals surface area (Å²) in [6.45, 7) is 15.8. The summed E-state index contributed by atoms with van der Waals surface area (Å²) in [5.74, 6) is 3.25. The minimum absolute atomic E-state index is 0.700. The molecule has 0 aliphatic heterocycles. The Bertz CT molecular complexity index is 176. The third kappa shape index (κ3) is 8.13. The van der Waals surface area contributed by atoms with E-state index in [0.717, 1.165) is 37.4 Å². The average Bonchev–Trinajstić information content (AvgIpc) is 2.33. The highest BCUT2D eigenvalue weighted by molar-refractivity contribution is 4.68. The van der Waals surface area contributed by atoms with E-state index < -0.39 is 0 Å². The zero-order chi connectivity index (χ0) is 14.0. The molecule has 3 atom stereocenters. The van der Waals surface area contributed by atoms with E-state index in [1.165, 1.54) is 25.7 Å². The van der Waals surface area contributed by atoms with Gasteiger partial charge in [-0.05, 0) is 36.5 Å². The van der Waals surface area contributed by atoms with Gasteiger partial charge in [-0.3, -0.25) is 0 Å². The zero-order valence-corrected chi connectivity index (χ0v) is 13.7. The van der Waals surface area contributed by atoms with Gasteiger partial charge in [0, 0.05) is 13.2 Å². The quantitative estimate of drug-likeness (QED) is 0.441. The van der Waals surface area contributed by atoms with Crippen LogP contribution in [0.4, 0.5) is 0 Å². The Morgan fingerprint density at radius 1 is 0.778 bits per heavy atom. The van der Waals surface area contributed by atoms with E-state index in [-0.39, 0.29) is 0 Å². The molecule has 0 N–H and O–H groups in total. The van der Waals surface area contributed by atoms with Gasteiger partial charge in [-0.15, -0.1) is 0 Å². The molecule has 0 spiro atoms. The molecule has 0 radical (unpaired) electrons. The first-order chi connectivity index (χ1) is 8.52. The first-order valence-electron chi connectivity index (χ1n) is 8.10. The highest BCUT2D eigenvalue weighted by atomic mass is 16.5. The molecule has 3 unspecified atom stereocenters. The van der Waals surface area contributed by atoms with Gasteiger partial charge in [0.2, 0.25) is 0 Å². The predicted octanol–water partition coefficient (Wildman–Crippen LogP) is 5.54. The molecule has 0 aliphatic carbocycles. The molecule has 0 aromatic carbocycles. The Kier molecular flexibility index (Phi) is 10.8. The molecule has 0 fully saturated rings. The number of ether oxygens (including phenoxy) is 1. The van der Waals surface area contributed by atoms with Crippen molar-refractivity contribution in [3.05, 3.63) is 0 Å². The van der Waals surface area contributed by atoms with E-state index in [1.807, 2.05) is 0 Å². The number of rotatable bonds is 11. The smallest absolute Gasteiger partial charge is 0.0494 e. The Hall–Kier alpha value is -0.0400. The summed E-state index contributed by atoms with van der Waals surface area (Å²) in [7, 11) is 0. The molecule has 0 heterocycles. The van der Waals surface area contributed by atoms with Crippen LogP contribution in [-0.4, -0.2) is 13.2 Å². The summed E-state index contributed by atoms with van der Waals surface area (Å²) in [6, 6.07) is 0. The molecule has 1 nitrogen and oxygen atoms in total. The van der Waals surface area contributed by atoms with E-state index in [9.17, 15) is 0 Å². The number of hydrogen-bond donors (Lipinski definition) is 0. The van der Waals surface area contributed by atoms with E-state index >= 15 is 0 Å². The van der Waals surface area contributed by atoms with Crippen LogP contribution in [0.3, 0.4) is 0 Å². The van der Waals surface area contributed by atoms with E-state index in [4.69, 9.17) is 4.74 Å². The number of hydrogen-bond acceptors (Lipinski definition) is 1. The molecule has 18 heavy (non-hydrogen) atoms. The van der Waals surface area contributed by atoms with Crippen LogP contribution >= 0.6 is 0 Å². The van der Waals surface area contributed by atoms with Gasteiger partial charge >= 0.3 is 0 Å². The van der Waals surface area contributed by atoms with Crippen molar-refractivity contribution in [3.8, 4) is 0 Å². The van der Waals surface area contributed by atoms with Crippen molar-refractivity contribution >= 4 is 0 Å². The normalized spacial score (nSPS) is 16.8. The fraction of sp³-hybridized carbons (Fsp3) is 1.00. The summed E-state index contributed by atoms with van der Waals surface area (Å²) in [5.41, 5.74) is 0. The third-order valence-electron chi connectivity index (χ3n) is 4.30. The second-order valence-electron chi connectivity index (χ2n) is 6.40. The van der Waals surface area contributed by atoms with Crippen LogP contribution < -0.4 is 0 Å². The van der Waals surface area contributed by atoms with Gasteiger partial charge in [0.05, 0.1) is 0 Å². The first kappa shape index (κ1) is 18.0. The minimum Gasteiger partial charge on any atom is -0.381 e. The Labute approximate surface area is 116 Å². The van der Waals surface area contributed by atoms with Crippen molar-refractivity contribution in [2.24, 2.45) is 23.7 Å². The largest absolute Gasteiger partial charge is 0.381 e. The van der Waals surface area contributed by atoms with Gasteiger partial charge in [-0.2, -0.15) is 0 Å². The molecule has 0 amide bonds. The van der Waals surface area contributed by atoms with E-state index in [0.29, 0.717) is 5.92 Å². The predicted molar refractivity (Wildman–Crippen MR) is 81.9 cm³/mol. The van der Waals surface area contributed by atoms with Crippen LogP contribution in [0.5, 0.6) is 0 Å². The summed E-state index contributed by atoms with van der Waals surface area (Å²) < 4.78 is 5.67. The maximum atomic E-state index is 5.67. The van der Waals surface area contributed by atoms with Crippen LogP contribution in [0.1, 0.15) is 73.6 Å². The molecule has 0 rings (SSSR count). The zero-order valence-electron chi connectivity index (χ0n) is 13.7. The Balaban J connectivity index is 3.87. The van der Waals surface area contributed by atoms with Gasteiger partial charge in [0.1, 0.15) is 0 Å². The maximum absolute atomic E-state index is 5.67. The molecule has 0 aromatic heterocycles. The van der Waals surface area contributed by atoms with Crippen molar-refractivity contribution < 1.29 is 4.74 Å². The van der Waals surface area contributed by atoms with Gasteiger partial charge in [0.25, 0.3) is 0 Å². The lowest BCUT2D eigenvalue weighted by molar-refractivity contribution is 0.0833. The first-order valence-corrected chi connectivity index (χ1v) is 8.10. The minimum atomic E-state index is 0.700. The van der Waals surface area contributed by atoms with Crippen molar-refractivity contribution in [3.63, 3.8) is 0 Å². The molecule has 0 bridgehead atoms. The lowest BCUT2D eigenvalue weighted by Crippen LogP contribution is -2.17.